The molecule has 2 aliphatic carbocycles. The molecule has 0 aromatic carbocycles. The van der Waals surface area contributed by atoms with Crippen molar-refractivity contribution in [2.75, 3.05) is 5.32 Å². The fraction of sp³-hybridized carbons (Fsp3) is 0.706. The molecule has 0 spiro atoms. The second kappa shape index (κ2) is 6.70. The fourth-order valence-electron chi connectivity index (χ4n) is 4.58. The number of carbonyl (C=O) groups is 2. The van der Waals surface area contributed by atoms with Gasteiger partial charge < -0.3 is 15.5 Å². The van der Waals surface area contributed by atoms with Gasteiger partial charge in [-0.3, -0.25) is 4.79 Å². The van der Waals surface area contributed by atoms with Gasteiger partial charge in [-0.15, -0.1) is 11.3 Å². The van der Waals surface area contributed by atoms with Crippen molar-refractivity contribution in [3.05, 3.63) is 11.6 Å². The zero-order valence-corrected chi connectivity index (χ0v) is 14.6. The highest BCUT2D eigenvalue weighted by molar-refractivity contribution is 7.13. The Bertz CT molecular complexity index is 600. The van der Waals surface area contributed by atoms with E-state index in [1.807, 2.05) is 10.3 Å². The van der Waals surface area contributed by atoms with Crippen LogP contribution < -0.4 is 10.6 Å². The van der Waals surface area contributed by atoms with Crippen LogP contribution in [0, 0.1) is 5.92 Å². The van der Waals surface area contributed by atoms with E-state index in [9.17, 15) is 9.59 Å². The predicted molar refractivity (Wildman–Crippen MR) is 92.9 cm³/mol. The highest BCUT2D eigenvalue weighted by Gasteiger charge is 2.51. The summed E-state index contributed by atoms with van der Waals surface area (Å²) in [4.78, 5) is 31.5. The number of piperidine rings is 1. The molecule has 3 aliphatic rings. The van der Waals surface area contributed by atoms with Gasteiger partial charge in [0.15, 0.2) is 5.13 Å². The van der Waals surface area contributed by atoms with Gasteiger partial charge in [-0.1, -0.05) is 19.3 Å². The number of fused-ring (bicyclic) bond motifs is 2. The number of amides is 3. The Morgan fingerprint density at radius 1 is 1.17 bits per heavy atom. The van der Waals surface area contributed by atoms with Gasteiger partial charge >= 0.3 is 6.03 Å². The molecule has 2 bridgehead atoms. The van der Waals surface area contributed by atoms with Gasteiger partial charge in [0.25, 0.3) is 0 Å². The van der Waals surface area contributed by atoms with Crippen LogP contribution in [0.1, 0.15) is 51.4 Å². The van der Waals surface area contributed by atoms with Crippen LogP contribution in [-0.4, -0.2) is 39.9 Å². The average Bonchev–Trinajstić information content (AvgIpc) is 3.32. The number of rotatable bonds is 3. The first-order valence-corrected chi connectivity index (χ1v) is 9.89. The molecule has 7 heteroatoms. The fourth-order valence-corrected chi connectivity index (χ4v) is 5.11. The molecule has 2 N–H and O–H groups in total. The van der Waals surface area contributed by atoms with Crippen LogP contribution in [0.25, 0.3) is 0 Å². The van der Waals surface area contributed by atoms with Crippen LogP contribution in [0.4, 0.5) is 9.93 Å². The number of carbonyl (C=O) groups excluding carboxylic acids is 2. The van der Waals surface area contributed by atoms with Crippen molar-refractivity contribution in [3.63, 3.8) is 0 Å². The van der Waals surface area contributed by atoms with Gasteiger partial charge in [0.1, 0.15) is 6.04 Å². The molecule has 3 fully saturated rings. The molecule has 24 heavy (non-hydrogen) atoms. The standard InChI is InChI=1S/C17H24N4O2S/c22-15(20-16-18-8-9-24-16)14-11-6-7-13(10-11)21(14)17(23)19-12-4-2-1-3-5-12/h8-9,11-14H,1-7,10H2,(H,19,23)(H,18,20,22)/t11-,13-,14+/m0/s1. The molecule has 2 saturated carbocycles. The van der Waals surface area contributed by atoms with E-state index in [0.29, 0.717) is 5.13 Å². The molecule has 6 nitrogen and oxygen atoms in total. The first-order valence-electron chi connectivity index (χ1n) is 9.01. The number of likely N-dealkylation sites (tertiary alicyclic amines) is 1. The van der Waals surface area contributed by atoms with E-state index in [-0.39, 0.29) is 36.0 Å². The Labute approximate surface area is 146 Å². The van der Waals surface area contributed by atoms with Gasteiger partial charge in [-0.25, -0.2) is 9.78 Å². The van der Waals surface area contributed by atoms with Gasteiger partial charge in [0.2, 0.25) is 5.91 Å². The average molecular weight is 348 g/mol. The highest BCUT2D eigenvalue weighted by atomic mass is 32.1. The van der Waals surface area contributed by atoms with Gasteiger partial charge in [-0.05, 0) is 38.0 Å². The SMILES string of the molecule is O=C(Nc1nccs1)[C@H]1[C@H]2CC[C@@H](C2)N1C(=O)NC1CCCCC1. The third kappa shape index (κ3) is 3.01. The predicted octanol–water partition coefficient (Wildman–Crippen LogP) is 2.98. The molecule has 2 heterocycles. The number of nitrogens with zero attached hydrogens (tertiary/aromatic N) is 2. The highest BCUT2D eigenvalue weighted by Crippen LogP contribution is 2.43. The van der Waals surface area contributed by atoms with Crippen LogP contribution in [0.3, 0.4) is 0 Å². The summed E-state index contributed by atoms with van der Waals surface area (Å²) in [5.41, 5.74) is 0. The van der Waals surface area contributed by atoms with Crippen molar-refractivity contribution >= 4 is 28.4 Å². The summed E-state index contributed by atoms with van der Waals surface area (Å²) in [6, 6.07) is 0.0864. The Morgan fingerprint density at radius 3 is 2.75 bits per heavy atom. The number of hydrogen-bond acceptors (Lipinski definition) is 4. The molecule has 130 valence electrons. The molecule has 1 aromatic rings. The maximum absolute atomic E-state index is 12.8. The number of aromatic nitrogens is 1. The van der Waals surface area contributed by atoms with Crippen LogP contribution in [0.5, 0.6) is 0 Å². The summed E-state index contributed by atoms with van der Waals surface area (Å²) in [5, 5.41) is 8.51. The summed E-state index contributed by atoms with van der Waals surface area (Å²) >= 11 is 1.41. The van der Waals surface area contributed by atoms with Crippen LogP contribution in [0.2, 0.25) is 0 Å². The lowest BCUT2D eigenvalue weighted by Crippen LogP contribution is -2.56. The van der Waals surface area contributed by atoms with E-state index >= 15 is 0 Å². The van der Waals surface area contributed by atoms with Crippen LogP contribution in [0.15, 0.2) is 11.6 Å². The van der Waals surface area contributed by atoms with E-state index in [4.69, 9.17) is 0 Å². The number of nitrogens with one attached hydrogen (secondary N) is 2. The molecule has 1 saturated heterocycles. The van der Waals surface area contributed by atoms with Gasteiger partial charge in [-0.2, -0.15) is 0 Å². The van der Waals surface area contributed by atoms with Gasteiger partial charge in [0, 0.05) is 23.7 Å². The summed E-state index contributed by atoms with van der Waals surface area (Å²) in [6.45, 7) is 0. The minimum Gasteiger partial charge on any atom is -0.335 e. The van der Waals surface area contributed by atoms with Crippen molar-refractivity contribution in [2.45, 2.75) is 69.5 Å². The number of anilines is 1. The van der Waals surface area contributed by atoms with E-state index in [1.165, 1.54) is 30.6 Å². The lowest BCUT2D eigenvalue weighted by Gasteiger charge is -2.36. The van der Waals surface area contributed by atoms with Gasteiger partial charge in [0.05, 0.1) is 0 Å². The maximum atomic E-state index is 12.8. The Morgan fingerprint density at radius 2 is 2.00 bits per heavy atom. The molecular weight excluding hydrogens is 324 g/mol. The normalized spacial score (nSPS) is 29.7. The summed E-state index contributed by atoms with van der Waals surface area (Å²) in [6.07, 6.45) is 10.4. The molecule has 1 aromatic heterocycles. The minimum absolute atomic E-state index is 0.0478. The van der Waals surface area contributed by atoms with E-state index < -0.39 is 0 Å². The molecular formula is C17H24N4O2S. The Hall–Kier alpha value is -1.63. The van der Waals surface area contributed by atoms with Crippen molar-refractivity contribution in [3.8, 4) is 0 Å². The zero-order chi connectivity index (χ0) is 16.5. The maximum Gasteiger partial charge on any atom is 0.318 e. The topological polar surface area (TPSA) is 74.3 Å². The Kier molecular flexibility index (Phi) is 4.43. The lowest BCUT2D eigenvalue weighted by atomic mass is 9.95. The summed E-state index contributed by atoms with van der Waals surface area (Å²) in [7, 11) is 0. The van der Waals surface area contributed by atoms with Crippen molar-refractivity contribution in [2.24, 2.45) is 5.92 Å². The first-order chi connectivity index (χ1) is 11.7. The molecule has 4 rings (SSSR count). The second-order valence-electron chi connectivity index (χ2n) is 7.19. The summed E-state index contributed by atoms with van der Waals surface area (Å²) < 4.78 is 0. The first kappa shape index (κ1) is 15.9. The van der Waals surface area contributed by atoms with E-state index in [0.717, 1.165) is 32.1 Å². The van der Waals surface area contributed by atoms with Crippen molar-refractivity contribution in [1.82, 2.24) is 15.2 Å². The lowest BCUT2D eigenvalue weighted by molar-refractivity contribution is -0.121. The number of hydrogen-bond donors (Lipinski definition) is 2. The summed E-state index contributed by atoms with van der Waals surface area (Å²) in [5.74, 6) is 0.197. The third-order valence-electron chi connectivity index (χ3n) is 5.68. The molecule has 0 unspecified atom stereocenters. The van der Waals surface area contributed by atoms with Crippen LogP contribution in [-0.2, 0) is 4.79 Å². The minimum atomic E-state index is -0.351. The van der Waals surface area contributed by atoms with Crippen molar-refractivity contribution < 1.29 is 9.59 Å². The zero-order valence-electron chi connectivity index (χ0n) is 13.7. The van der Waals surface area contributed by atoms with E-state index in [1.54, 1.807) is 6.20 Å². The number of urea groups is 1. The number of thiazole rings is 1. The quantitative estimate of drug-likeness (QED) is 0.882. The molecule has 3 atom stereocenters. The molecule has 1 aliphatic heterocycles. The molecule has 0 radical (unpaired) electrons. The second-order valence-corrected chi connectivity index (χ2v) is 8.08. The monoisotopic (exact) mass is 348 g/mol. The molecule has 3 amide bonds. The third-order valence-corrected chi connectivity index (χ3v) is 6.37. The largest absolute Gasteiger partial charge is 0.335 e. The van der Waals surface area contributed by atoms with Crippen molar-refractivity contribution in [1.29, 1.82) is 0 Å². The smallest absolute Gasteiger partial charge is 0.318 e. The van der Waals surface area contributed by atoms with Crippen LogP contribution >= 0.6 is 11.3 Å². The van der Waals surface area contributed by atoms with E-state index in [2.05, 4.69) is 15.6 Å². The Balaban J connectivity index is 1.45.